The van der Waals surface area contributed by atoms with Crippen LogP contribution in [0.1, 0.15) is 39.0 Å². The van der Waals surface area contributed by atoms with E-state index in [-0.39, 0.29) is 36.8 Å². The predicted molar refractivity (Wildman–Crippen MR) is 119 cm³/mol. The van der Waals surface area contributed by atoms with Crippen LogP contribution in [-0.2, 0) is 24.4 Å². The van der Waals surface area contributed by atoms with Gasteiger partial charge in [-0.25, -0.2) is 8.78 Å². The Bertz CT molecular complexity index is 1260. The van der Waals surface area contributed by atoms with Crippen molar-refractivity contribution in [3.8, 4) is 0 Å². The van der Waals surface area contributed by atoms with Crippen LogP contribution in [0.3, 0.4) is 0 Å². The predicted octanol–water partition coefficient (Wildman–Crippen LogP) is 2.25. The summed E-state index contributed by atoms with van der Waals surface area (Å²) < 4.78 is 28.2. The van der Waals surface area contributed by atoms with Gasteiger partial charge in [0, 0.05) is 31.8 Å². The van der Waals surface area contributed by atoms with Crippen LogP contribution < -0.4 is 10.6 Å². The van der Waals surface area contributed by atoms with E-state index in [9.17, 15) is 23.2 Å². The minimum atomic E-state index is -1.27. The standard InChI is InChI=1S/C24H23F2N5O3/c1-24(23(34)28-12-15-7-9-17(25)10-8-15)14-31-20(22(33)30(24)2)11-19(29-31)21(32)27-13-16-5-3-4-6-18(16)26/h3-11H,12-14H2,1-2H3,(H,27,32)(H,28,34)/t24-/m1/s1. The number of carbonyl (C=O) groups is 3. The molecular weight excluding hydrogens is 444 g/mol. The molecule has 0 saturated heterocycles. The fraction of sp³-hybridized carbons (Fsp3) is 0.250. The second-order valence-electron chi connectivity index (χ2n) is 8.29. The number of likely N-dealkylation sites (N-methyl/N-ethyl adjacent to an activating group) is 1. The Balaban J connectivity index is 1.47. The summed E-state index contributed by atoms with van der Waals surface area (Å²) in [5, 5.41) is 9.58. The molecule has 0 saturated carbocycles. The third-order valence-corrected chi connectivity index (χ3v) is 5.99. The van der Waals surface area contributed by atoms with Crippen LogP contribution in [-0.4, -0.2) is 45.0 Å². The topological polar surface area (TPSA) is 96.3 Å². The van der Waals surface area contributed by atoms with Gasteiger partial charge in [-0.3, -0.25) is 19.1 Å². The number of carbonyl (C=O) groups excluding carboxylic acids is 3. The first kappa shape index (κ1) is 23.1. The number of hydrogen-bond donors (Lipinski definition) is 2. The molecular formula is C24H23F2N5O3. The molecule has 8 nitrogen and oxygen atoms in total. The highest BCUT2D eigenvalue weighted by Crippen LogP contribution is 2.26. The van der Waals surface area contributed by atoms with E-state index in [0.717, 1.165) is 0 Å². The van der Waals surface area contributed by atoms with Gasteiger partial charge in [0.25, 0.3) is 11.8 Å². The van der Waals surface area contributed by atoms with Gasteiger partial charge in [0.2, 0.25) is 5.91 Å². The van der Waals surface area contributed by atoms with E-state index in [4.69, 9.17) is 0 Å². The number of halogens is 2. The molecule has 2 aromatic carbocycles. The van der Waals surface area contributed by atoms with E-state index in [1.54, 1.807) is 37.3 Å². The zero-order chi connectivity index (χ0) is 24.5. The third-order valence-electron chi connectivity index (χ3n) is 5.99. The first-order chi connectivity index (χ1) is 16.2. The van der Waals surface area contributed by atoms with Gasteiger partial charge in [0.1, 0.15) is 22.9 Å². The Morgan fingerprint density at radius 1 is 1.06 bits per heavy atom. The van der Waals surface area contributed by atoms with E-state index >= 15 is 0 Å². The summed E-state index contributed by atoms with van der Waals surface area (Å²) >= 11 is 0. The van der Waals surface area contributed by atoms with Gasteiger partial charge in [0.15, 0.2) is 5.69 Å². The molecule has 1 atom stereocenters. The average molecular weight is 467 g/mol. The summed E-state index contributed by atoms with van der Waals surface area (Å²) in [6.07, 6.45) is 0. The van der Waals surface area contributed by atoms with Gasteiger partial charge in [0.05, 0.1) is 6.54 Å². The molecule has 1 aromatic heterocycles. The summed E-state index contributed by atoms with van der Waals surface area (Å²) in [7, 11) is 1.51. The van der Waals surface area contributed by atoms with Crippen LogP contribution in [0.4, 0.5) is 8.78 Å². The minimum Gasteiger partial charge on any atom is -0.350 e. The molecule has 4 rings (SSSR count). The molecule has 2 N–H and O–H groups in total. The second-order valence-corrected chi connectivity index (χ2v) is 8.29. The largest absolute Gasteiger partial charge is 0.350 e. The number of nitrogens with one attached hydrogen (secondary N) is 2. The third kappa shape index (κ3) is 4.39. The summed E-state index contributed by atoms with van der Waals surface area (Å²) in [6, 6.07) is 13.1. The Labute approximate surface area is 194 Å². The maximum Gasteiger partial charge on any atom is 0.272 e. The number of nitrogens with zero attached hydrogens (tertiary/aromatic N) is 3. The fourth-order valence-electron chi connectivity index (χ4n) is 3.72. The Morgan fingerprint density at radius 2 is 1.76 bits per heavy atom. The molecule has 0 unspecified atom stereocenters. The van der Waals surface area contributed by atoms with E-state index in [0.29, 0.717) is 11.1 Å². The zero-order valence-corrected chi connectivity index (χ0v) is 18.6. The van der Waals surface area contributed by atoms with Gasteiger partial charge < -0.3 is 15.5 Å². The van der Waals surface area contributed by atoms with Crippen LogP contribution in [0.2, 0.25) is 0 Å². The van der Waals surface area contributed by atoms with Crippen molar-refractivity contribution in [2.45, 2.75) is 32.1 Å². The Morgan fingerprint density at radius 3 is 2.47 bits per heavy atom. The van der Waals surface area contributed by atoms with Crippen molar-refractivity contribution in [3.05, 3.63) is 88.7 Å². The van der Waals surface area contributed by atoms with Crippen molar-refractivity contribution in [3.63, 3.8) is 0 Å². The van der Waals surface area contributed by atoms with Gasteiger partial charge in [-0.1, -0.05) is 30.3 Å². The molecule has 3 aromatic rings. The molecule has 176 valence electrons. The highest BCUT2D eigenvalue weighted by atomic mass is 19.1. The molecule has 0 aliphatic carbocycles. The van der Waals surface area contributed by atoms with E-state index in [1.807, 2.05) is 0 Å². The first-order valence-electron chi connectivity index (χ1n) is 10.6. The van der Waals surface area contributed by atoms with Gasteiger partial charge >= 0.3 is 0 Å². The summed E-state index contributed by atoms with van der Waals surface area (Å²) in [5.41, 5.74) is -0.0824. The molecule has 1 aliphatic heterocycles. The number of rotatable bonds is 6. The Hall–Kier alpha value is -4.08. The van der Waals surface area contributed by atoms with Crippen molar-refractivity contribution in [2.24, 2.45) is 0 Å². The van der Waals surface area contributed by atoms with Gasteiger partial charge in [-0.2, -0.15) is 5.10 Å². The number of benzene rings is 2. The van der Waals surface area contributed by atoms with E-state index < -0.39 is 29.1 Å². The molecule has 34 heavy (non-hydrogen) atoms. The molecule has 0 spiro atoms. The van der Waals surface area contributed by atoms with Crippen molar-refractivity contribution in [2.75, 3.05) is 7.05 Å². The van der Waals surface area contributed by atoms with Crippen LogP contribution in [0, 0.1) is 11.6 Å². The van der Waals surface area contributed by atoms with Crippen LogP contribution in [0.5, 0.6) is 0 Å². The molecule has 0 bridgehead atoms. The normalized spacial score (nSPS) is 17.3. The summed E-state index contributed by atoms with van der Waals surface area (Å²) in [6.45, 7) is 1.76. The SMILES string of the molecule is CN1C(=O)c2cc(C(=O)NCc3ccccc3F)nn2C[C@]1(C)C(=O)NCc1ccc(F)cc1. The number of amides is 3. The smallest absolute Gasteiger partial charge is 0.272 e. The summed E-state index contributed by atoms with van der Waals surface area (Å²) in [5.74, 6) is -2.26. The van der Waals surface area contributed by atoms with Crippen LogP contribution in [0.25, 0.3) is 0 Å². The Kier molecular flexibility index (Phi) is 6.14. The molecule has 1 aliphatic rings. The average Bonchev–Trinajstić information content (AvgIpc) is 3.25. The lowest BCUT2D eigenvalue weighted by molar-refractivity contribution is -0.132. The fourth-order valence-corrected chi connectivity index (χ4v) is 3.72. The zero-order valence-electron chi connectivity index (χ0n) is 18.6. The number of fused-ring (bicyclic) bond motifs is 1. The molecule has 0 radical (unpaired) electrons. The first-order valence-corrected chi connectivity index (χ1v) is 10.6. The van der Waals surface area contributed by atoms with Crippen molar-refractivity contribution >= 4 is 17.7 Å². The molecule has 2 heterocycles. The van der Waals surface area contributed by atoms with Crippen LogP contribution in [0.15, 0.2) is 54.6 Å². The van der Waals surface area contributed by atoms with Crippen molar-refractivity contribution < 1.29 is 23.2 Å². The van der Waals surface area contributed by atoms with Gasteiger partial charge in [-0.15, -0.1) is 0 Å². The maximum absolute atomic E-state index is 13.8. The molecule has 0 fully saturated rings. The molecule has 10 heteroatoms. The van der Waals surface area contributed by atoms with Crippen molar-refractivity contribution in [1.29, 1.82) is 0 Å². The quantitative estimate of drug-likeness (QED) is 0.581. The lowest BCUT2D eigenvalue weighted by atomic mass is 9.96. The lowest BCUT2D eigenvalue weighted by Crippen LogP contribution is -2.62. The van der Waals surface area contributed by atoms with Crippen LogP contribution >= 0.6 is 0 Å². The number of hydrogen-bond acceptors (Lipinski definition) is 4. The minimum absolute atomic E-state index is 0.0101. The number of aromatic nitrogens is 2. The second kappa shape index (κ2) is 9.05. The highest BCUT2D eigenvalue weighted by Gasteiger charge is 2.46. The van der Waals surface area contributed by atoms with E-state index in [1.165, 1.54) is 40.9 Å². The monoisotopic (exact) mass is 467 g/mol. The highest BCUT2D eigenvalue weighted by molar-refractivity contribution is 6.01. The maximum atomic E-state index is 13.8. The van der Waals surface area contributed by atoms with E-state index in [2.05, 4.69) is 15.7 Å². The van der Waals surface area contributed by atoms with Gasteiger partial charge in [-0.05, 0) is 30.7 Å². The van der Waals surface area contributed by atoms with Crippen molar-refractivity contribution in [1.82, 2.24) is 25.3 Å². The molecule has 3 amide bonds. The summed E-state index contributed by atoms with van der Waals surface area (Å²) in [4.78, 5) is 39.9. The lowest BCUT2D eigenvalue weighted by Gasteiger charge is -2.40.